The second-order valence-electron chi connectivity index (χ2n) is 7.36. The van der Waals surface area contributed by atoms with E-state index in [-0.39, 0.29) is 23.9 Å². The van der Waals surface area contributed by atoms with Gasteiger partial charge in [0.1, 0.15) is 5.69 Å². The molecule has 1 N–H and O–H groups in total. The van der Waals surface area contributed by atoms with Crippen molar-refractivity contribution in [1.29, 1.82) is 0 Å². The second kappa shape index (κ2) is 10.7. The molecule has 0 atom stereocenters. The zero-order valence-corrected chi connectivity index (χ0v) is 18.4. The van der Waals surface area contributed by atoms with E-state index in [2.05, 4.69) is 49.5 Å². The Hall–Kier alpha value is -3.43. The van der Waals surface area contributed by atoms with Gasteiger partial charge in [-0.1, -0.05) is 42.5 Å². The number of hydrogen-bond acceptors (Lipinski definition) is 7. The van der Waals surface area contributed by atoms with Crippen molar-refractivity contribution < 1.29 is 9.59 Å². The number of nitrogens with one attached hydrogen (secondary N) is 1. The molecule has 0 bridgehead atoms. The highest BCUT2D eigenvalue weighted by atomic mass is 32.1. The third-order valence-electron chi connectivity index (χ3n) is 5.10. The van der Waals surface area contributed by atoms with Crippen LogP contribution >= 0.6 is 11.3 Å². The molecule has 0 saturated carbocycles. The molecule has 2 aromatic heterocycles. The van der Waals surface area contributed by atoms with E-state index in [0.717, 1.165) is 19.6 Å². The van der Waals surface area contributed by atoms with Crippen LogP contribution in [0.1, 0.15) is 21.7 Å². The number of amides is 2. The molecule has 1 aromatic carbocycles. The molecular weight excluding hydrogens is 424 g/mol. The molecule has 8 nitrogen and oxygen atoms in total. The topological polar surface area (TPSA) is 91.3 Å². The number of aromatic nitrogens is 3. The fourth-order valence-electron chi connectivity index (χ4n) is 3.37. The van der Waals surface area contributed by atoms with E-state index in [9.17, 15) is 9.59 Å². The standard InChI is InChI=1S/C23H24N6O2S/c30-21(15-19-17-32-23(26-19)27-22(31)20-16-24-8-9-25-20)29-13-11-28(12-14-29)10-4-7-18-5-2-1-3-6-18/h1-9,16-17H,10-15H2,(H,26,27,31)/b7-4+. The van der Waals surface area contributed by atoms with Gasteiger partial charge in [0.25, 0.3) is 5.91 Å². The van der Waals surface area contributed by atoms with Gasteiger partial charge in [0.2, 0.25) is 5.91 Å². The van der Waals surface area contributed by atoms with Gasteiger partial charge in [0.15, 0.2) is 5.13 Å². The van der Waals surface area contributed by atoms with E-state index in [0.29, 0.717) is 23.9 Å². The molecule has 9 heteroatoms. The molecule has 164 valence electrons. The highest BCUT2D eigenvalue weighted by molar-refractivity contribution is 7.14. The summed E-state index contributed by atoms with van der Waals surface area (Å²) >= 11 is 1.29. The van der Waals surface area contributed by atoms with Crippen molar-refractivity contribution in [3.8, 4) is 0 Å². The molecule has 32 heavy (non-hydrogen) atoms. The van der Waals surface area contributed by atoms with Gasteiger partial charge >= 0.3 is 0 Å². The molecule has 0 aliphatic carbocycles. The van der Waals surface area contributed by atoms with Crippen LogP contribution < -0.4 is 5.32 Å². The highest BCUT2D eigenvalue weighted by Crippen LogP contribution is 2.17. The lowest BCUT2D eigenvalue weighted by molar-refractivity contribution is -0.132. The van der Waals surface area contributed by atoms with Crippen molar-refractivity contribution in [3.05, 3.63) is 77.3 Å². The molecule has 0 radical (unpaired) electrons. The van der Waals surface area contributed by atoms with Crippen molar-refractivity contribution in [2.75, 3.05) is 38.0 Å². The lowest BCUT2D eigenvalue weighted by atomic mass is 10.2. The fourth-order valence-corrected chi connectivity index (χ4v) is 4.08. The number of thiazole rings is 1. The van der Waals surface area contributed by atoms with Crippen LogP contribution in [0, 0.1) is 0 Å². The van der Waals surface area contributed by atoms with Gasteiger partial charge in [0, 0.05) is 50.5 Å². The Bertz CT molecular complexity index is 1060. The molecular formula is C23H24N6O2S. The van der Waals surface area contributed by atoms with Gasteiger partial charge in [-0.3, -0.25) is 24.8 Å². The average Bonchev–Trinajstić information content (AvgIpc) is 3.27. The smallest absolute Gasteiger partial charge is 0.277 e. The van der Waals surface area contributed by atoms with Crippen molar-refractivity contribution in [2.45, 2.75) is 6.42 Å². The van der Waals surface area contributed by atoms with Crippen LogP contribution in [0.25, 0.3) is 6.08 Å². The summed E-state index contributed by atoms with van der Waals surface area (Å²) in [6.07, 6.45) is 8.88. The zero-order chi connectivity index (χ0) is 22.2. The number of piperazine rings is 1. The molecule has 3 aromatic rings. The van der Waals surface area contributed by atoms with Crippen LogP contribution in [0.15, 0.2) is 60.4 Å². The molecule has 1 fully saturated rings. The minimum Gasteiger partial charge on any atom is -0.340 e. The van der Waals surface area contributed by atoms with Crippen LogP contribution in [0.5, 0.6) is 0 Å². The van der Waals surface area contributed by atoms with Gasteiger partial charge in [-0.05, 0) is 5.56 Å². The maximum Gasteiger partial charge on any atom is 0.277 e. The molecule has 1 aliphatic heterocycles. The first kappa shape index (κ1) is 21.8. The Morgan fingerprint density at radius 3 is 2.66 bits per heavy atom. The summed E-state index contributed by atoms with van der Waals surface area (Å²) in [5, 5.41) is 4.94. The van der Waals surface area contributed by atoms with Gasteiger partial charge in [0.05, 0.1) is 18.3 Å². The second-order valence-corrected chi connectivity index (χ2v) is 8.22. The summed E-state index contributed by atoms with van der Waals surface area (Å²) in [6, 6.07) is 10.2. The number of anilines is 1. The minimum absolute atomic E-state index is 0.0570. The first-order chi connectivity index (χ1) is 15.7. The first-order valence-electron chi connectivity index (χ1n) is 10.4. The predicted octanol–water partition coefficient (Wildman–Crippen LogP) is 2.59. The number of benzene rings is 1. The summed E-state index contributed by atoms with van der Waals surface area (Å²) in [5.41, 5.74) is 2.07. The van der Waals surface area contributed by atoms with Crippen LogP contribution in [0.2, 0.25) is 0 Å². The molecule has 0 unspecified atom stereocenters. The predicted molar refractivity (Wildman–Crippen MR) is 124 cm³/mol. The van der Waals surface area contributed by atoms with Crippen molar-refractivity contribution in [3.63, 3.8) is 0 Å². The SMILES string of the molecule is O=C(Nc1nc(CC(=O)N2CCN(C/C=C/c3ccccc3)CC2)cs1)c1cnccn1. The summed E-state index contributed by atoms with van der Waals surface area (Å²) in [5.74, 6) is -0.315. The molecule has 1 saturated heterocycles. The molecule has 1 aliphatic rings. The Labute approximate surface area is 190 Å². The van der Waals surface area contributed by atoms with E-state index in [1.807, 2.05) is 23.1 Å². The Kier molecular flexibility index (Phi) is 7.31. The van der Waals surface area contributed by atoms with Crippen molar-refractivity contribution in [1.82, 2.24) is 24.8 Å². The van der Waals surface area contributed by atoms with Crippen LogP contribution in [-0.4, -0.2) is 69.3 Å². The first-order valence-corrected chi connectivity index (χ1v) is 11.3. The molecule has 4 rings (SSSR count). The molecule has 3 heterocycles. The van der Waals surface area contributed by atoms with E-state index >= 15 is 0 Å². The largest absolute Gasteiger partial charge is 0.340 e. The average molecular weight is 449 g/mol. The number of carbonyl (C=O) groups is 2. The molecule has 0 spiro atoms. The molecule has 2 amide bonds. The number of carbonyl (C=O) groups excluding carboxylic acids is 2. The van der Waals surface area contributed by atoms with E-state index < -0.39 is 0 Å². The third kappa shape index (κ3) is 6.05. The fraction of sp³-hybridized carbons (Fsp3) is 0.261. The van der Waals surface area contributed by atoms with Gasteiger partial charge in [-0.2, -0.15) is 0 Å². The lowest BCUT2D eigenvalue weighted by Crippen LogP contribution is -2.49. The maximum atomic E-state index is 12.7. The van der Waals surface area contributed by atoms with Crippen molar-refractivity contribution >= 4 is 34.4 Å². The van der Waals surface area contributed by atoms with Crippen molar-refractivity contribution in [2.24, 2.45) is 0 Å². The summed E-state index contributed by atoms with van der Waals surface area (Å²) in [6.45, 7) is 3.98. The van der Waals surface area contributed by atoms with Crippen LogP contribution in [-0.2, 0) is 11.2 Å². The van der Waals surface area contributed by atoms with E-state index in [1.165, 1.54) is 35.5 Å². The van der Waals surface area contributed by atoms with Crippen LogP contribution in [0.3, 0.4) is 0 Å². The number of nitrogens with zero attached hydrogens (tertiary/aromatic N) is 5. The van der Waals surface area contributed by atoms with Crippen LogP contribution in [0.4, 0.5) is 5.13 Å². The quantitative estimate of drug-likeness (QED) is 0.597. The monoisotopic (exact) mass is 448 g/mol. The van der Waals surface area contributed by atoms with E-state index in [1.54, 1.807) is 5.38 Å². The summed E-state index contributed by atoms with van der Waals surface area (Å²) in [7, 11) is 0. The van der Waals surface area contributed by atoms with Gasteiger partial charge in [-0.25, -0.2) is 9.97 Å². The summed E-state index contributed by atoms with van der Waals surface area (Å²) < 4.78 is 0. The minimum atomic E-state index is -0.372. The van der Waals surface area contributed by atoms with E-state index in [4.69, 9.17) is 0 Å². The Morgan fingerprint density at radius 2 is 1.91 bits per heavy atom. The third-order valence-corrected chi connectivity index (χ3v) is 5.91. The Morgan fingerprint density at radius 1 is 1.09 bits per heavy atom. The zero-order valence-electron chi connectivity index (χ0n) is 17.6. The summed E-state index contributed by atoms with van der Waals surface area (Å²) in [4.78, 5) is 41.3. The highest BCUT2D eigenvalue weighted by Gasteiger charge is 2.21. The van der Waals surface area contributed by atoms with Gasteiger partial charge < -0.3 is 4.90 Å². The Balaban J connectivity index is 1.21. The van der Waals surface area contributed by atoms with Gasteiger partial charge in [-0.15, -0.1) is 11.3 Å². The maximum absolute atomic E-state index is 12.7. The lowest BCUT2D eigenvalue weighted by Gasteiger charge is -2.34. The normalized spacial score (nSPS) is 14.6. The number of hydrogen-bond donors (Lipinski definition) is 1. The number of rotatable bonds is 7.